The molecule has 164 valence electrons. The molecule has 0 radical (unpaired) electrons. The molecule has 0 saturated carbocycles. The number of carbonyl (C=O) groups excluding carboxylic acids is 1. The number of aliphatic hydroxyl groups excluding tert-OH is 1. The Kier molecular flexibility index (Phi) is 5.87. The van der Waals surface area contributed by atoms with Crippen molar-refractivity contribution in [3.8, 4) is 11.3 Å². The lowest BCUT2D eigenvalue weighted by atomic mass is 10.1. The highest BCUT2D eigenvalue weighted by Gasteiger charge is 2.27. The molecule has 2 aromatic heterocycles. The molecule has 3 aromatic rings. The lowest BCUT2D eigenvalue weighted by Gasteiger charge is -2.15. The molecule has 3 heterocycles. The molecule has 0 bridgehead atoms. The first-order chi connectivity index (χ1) is 15.4. The molecular formula is C22H18F2N4O4. The van der Waals surface area contributed by atoms with Crippen LogP contribution in [0.2, 0.25) is 0 Å². The van der Waals surface area contributed by atoms with Gasteiger partial charge in [0, 0.05) is 55.7 Å². The number of nitro groups is 1. The molecule has 1 N–H and O–H groups in total. The maximum atomic E-state index is 14.2. The number of halogens is 2. The van der Waals surface area contributed by atoms with Crippen LogP contribution in [0.3, 0.4) is 0 Å². The van der Waals surface area contributed by atoms with Crippen LogP contribution in [0.25, 0.3) is 11.3 Å². The normalized spacial score (nSPS) is 12.7. The second-order valence-electron chi connectivity index (χ2n) is 7.39. The largest absolute Gasteiger partial charge is 0.396 e. The van der Waals surface area contributed by atoms with E-state index in [1.54, 1.807) is 6.20 Å². The van der Waals surface area contributed by atoms with Gasteiger partial charge in [0.05, 0.1) is 17.0 Å². The van der Waals surface area contributed by atoms with Gasteiger partial charge < -0.3 is 10.0 Å². The van der Waals surface area contributed by atoms with Gasteiger partial charge >= 0.3 is 0 Å². The van der Waals surface area contributed by atoms with Crippen LogP contribution in [0.5, 0.6) is 0 Å². The molecule has 0 fully saturated rings. The number of amides is 1. The van der Waals surface area contributed by atoms with Crippen LogP contribution in [0.15, 0.2) is 42.6 Å². The van der Waals surface area contributed by atoms with Crippen molar-refractivity contribution in [3.05, 3.63) is 86.9 Å². The molecule has 8 nitrogen and oxygen atoms in total. The van der Waals surface area contributed by atoms with Crippen molar-refractivity contribution in [2.45, 2.75) is 25.9 Å². The van der Waals surface area contributed by atoms with E-state index in [0.29, 0.717) is 31.3 Å². The number of pyridine rings is 2. The van der Waals surface area contributed by atoms with E-state index < -0.39 is 16.6 Å². The molecule has 10 heteroatoms. The lowest BCUT2D eigenvalue weighted by molar-refractivity contribution is -0.385. The van der Waals surface area contributed by atoms with E-state index in [-0.39, 0.29) is 41.6 Å². The first-order valence-electron chi connectivity index (χ1n) is 9.80. The Morgan fingerprint density at radius 1 is 1.16 bits per heavy atom. The summed E-state index contributed by atoms with van der Waals surface area (Å²) in [5, 5.41) is 20.5. The van der Waals surface area contributed by atoms with Crippen LogP contribution in [0.4, 0.5) is 14.5 Å². The summed E-state index contributed by atoms with van der Waals surface area (Å²) in [4.78, 5) is 33.7. The summed E-state index contributed by atoms with van der Waals surface area (Å²) < 4.78 is 27.4. The molecule has 0 spiro atoms. The summed E-state index contributed by atoms with van der Waals surface area (Å²) in [6.45, 7) is 0.588. The third kappa shape index (κ3) is 4.30. The zero-order valence-electron chi connectivity index (χ0n) is 16.8. The summed E-state index contributed by atoms with van der Waals surface area (Å²) in [6.07, 6.45) is 1.72. The number of aromatic nitrogens is 2. The average Bonchev–Trinajstić information content (AvgIpc) is 3.17. The number of nitrogens with zero attached hydrogens (tertiary/aromatic N) is 4. The van der Waals surface area contributed by atoms with Gasteiger partial charge in [0.2, 0.25) is 5.91 Å². The van der Waals surface area contributed by atoms with Crippen molar-refractivity contribution >= 4 is 11.6 Å². The fourth-order valence-corrected chi connectivity index (χ4v) is 3.65. The first kappa shape index (κ1) is 21.4. The van der Waals surface area contributed by atoms with Gasteiger partial charge in [0.25, 0.3) is 5.69 Å². The van der Waals surface area contributed by atoms with E-state index in [4.69, 9.17) is 5.11 Å². The minimum atomic E-state index is -0.857. The minimum absolute atomic E-state index is 0.0222. The fraction of sp³-hybridized carbons (Fsp3) is 0.227. The average molecular weight is 440 g/mol. The van der Waals surface area contributed by atoms with Crippen LogP contribution in [0, 0.1) is 21.7 Å². The number of fused-ring (bicyclic) bond motifs is 1. The summed E-state index contributed by atoms with van der Waals surface area (Å²) >= 11 is 0. The van der Waals surface area contributed by atoms with Crippen LogP contribution < -0.4 is 0 Å². The van der Waals surface area contributed by atoms with Crippen LogP contribution in [0.1, 0.15) is 22.5 Å². The number of hydrogen-bond donors (Lipinski definition) is 1. The molecule has 0 saturated heterocycles. The van der Waals surface area contributed by atoms with Crippen molar-refractivity contribution in [1.29, 1.82) is 0 Å². The lowest BCUT2D eigenvalue weighted by Crippen LogP contribution is -2.27. The molecule has 0 unspecified atom stereocenters. The highest BCUT2D eigenvalue weighted by Crippen LogP contribution is 2.28. The highest BCUT2D eigenvalue weighted by atomic mass is 19.1. The van der Waals surface area contributed by atoms with Gasteiger partial charge in [-0.2, -0.15) is 0 Å². The van der Waals surface area contributed by atoms with E-state index in [1.807, 2.05) is 6.07 Å². The maximum Gasteiger partial charge on any atom is 0.291 e. The Labute approximate surface area is 181 Å². The molecule has 1 aromatic carbocycles. The molecular weight excluding hydrogens is 422 g/mol. The second-order valence-corrected chi connectivity index (χ2v) is 7.39. The van der Waals surface area contributed by atoms with E-state index in [2.05, 4.69) is 9.97 Å². The highest BCUT2D eigenvalue weighted by molar-refractivity contribution is 5.80. The molecule has 0 atom stereocenters. The summed E-state index contributed by atoms with van der Waals surface area (Å²) in [7, 11) is 0. The van der Waals surface area contributed by atoms with Crippen molar-refractivity contribution in [3.63, 3.8) is 0 Å². The predicted octanol–water partition coefficient (Wildman–Crippen LogP) is 2.95. The molecule has 4 rings (SSSR count). The molecule has 1 aliphatic rings. The van der Waals surface area contributed by atoms with Crippen LogP contribution in [-0.2, 0) is 30.7 Å². The fourth-order valence-electron chi connectivity index (χ4n) is 3.65. The van der Waals surface area contributed by atoms with Crippen molar-refractivity contribution in [1.82, 2.24) is 14.9 Å². The van der Waals surface area contributed by atoms with Crippen molar-refractivity contribution in [2.75, 3.05) is 6.61 Å². The quantitative estimate of drug-likeness (QED) is 0.466. The van der Waals surface area contributed by atoms with E-state index in [1.165, 1.54) is 17.0 Å². The van der Waals surface area contributed by atoms with Crippen molar-refractivity contribution < 1.29 is 23.6 Å². The molecule has 1 amide bonds. The van der Waals surface area contributed by atoms with Crippen LogP contribution in [-0.4, -0.2) is 37.4 Å². The minimum Gasteiger partial charge on any atom is -0.396 e. The Morgan fingerprint density at radius 3 is 2.66 bits per heavy atom. The molecule has 0 aliphatic carbocycles. The Balaban J connectivity index is 1.59. The Morgan fingerprint density at radius 2 is 1.94 bits per heavy atom. The standard InChI is InChI=1S/C22H18F2N4O4/c23-15-1-2-17(18(24)8-15)19-3-4-21(28(31)32)20(26-19)9-22(30)27-11-13-7-16(5-6-29)25-10-14(13)12-27/h1-4,7-8,10,29H,5-6,9,11-12H2. The smallest absolute Gasteiger partial charge is 0.291 e. The van der Waals surface area contributed by atoms with Gasteiger partial charge in [-0.1, -0.05) is 0 Å². The van der Waals surface area contributed by atoms with E-state index in [9.17, 15) is 23.7 Å². The number of hydrogen-bond acceptors (Lipinski definition) is 6. The van der Waals surface area contributed by atoms with Gasteiger partial charge in [0.15, 0.2) is 0 Å². The van der Waals surface area contributed by atoms with Gasteiger partial charge in [0.1, 0.15) is 17.3 Å². The number of rotatable bonds is 6. The Hall–Kier alpha value is -3.79. The summed E-state index contributed by atoms with van der Waals surface area (Å²) in [5.41, 5.74) is 2.08. The zero-order valence-corrected chi connectivity index (χ0v) is 16.8. The zero-order chi connectivity index (χ0) is 22.8. The maximum absolute atomic E-state index is 14.2. The molecule has 1 aliphatic heterocycles. The molecule has 32 heavy (non-hydrogen) atoms. The first-order valence-corrected chi connectivity index (χ1v) is 9.80. The van der Waals surface area contributed by atoms with Gasteiger partial charge in [-0.15, -0.1) is 0 Å². The monoisotopic (exact) mass is 440 g/mol. The van der Waals surface area contributed by atoms with Crippen molar-refractivity contribution in [2.24, 2.45) is 0 Å². The SMILES string of the molecule is O=C(Cc1nc(-c2ccc(F)cc2F)ccc1[N+](=O)[O-])N1Cc2cnc(CCO)cc2C1. The van der Waals surface area contributed by atoms with Gasteiger partial charge in [-0.05, 0) is 35.4 Å². The Bertz CT molecular complexity index is 1220. The number of aliphatic hydroxyl groups is 1. The third-order valence-electron chi connectivity index (χ3n) is 5.26. The van der Waals surface area contributed by atoms with Gasteiger partial charge in [-0.3, -0.25) is 19.9 Å². The van der Waals surface area contributed by atoms with Gasteiger partial charge in [-0.25, -0.2) is 13.8 Å². The third-order valence-corrected chi connectivity index (χ3v) is 5.26. The van der Waals surface area contributed by atoms with E-state index in [0.717, 1.165) is 23.3 Å². The van der Waals surface area contributed by atoms with Crippen LogP contribution >= 0.6 is 0 Å². The number of carbonyl (C=O) groups is 1. The number of benzene rings is 1. The predicted molar refractivity (Wildman–Crippen MR) is 109 cm³/mol. The van der Waals surface area contributed by atoms with E-state index >= 15 is 0 Å². The second kappa shape index (κ2) is 8.75. The summed E-state index contributed by atoms with van der Waals surface area (Å²) in [6, 6.07) is 7.21. The summed E-state index contributed by atoms with van der Waals surface area (Å²) in [5.74, 6) is -1.99. The topological polar surface area (TPSA) is 109 Å².